The molecule has 0 aliphatic carbocycles. The van der Waals surface area contributed by atoms with Crippen molar-refractivity contribution >= 4 is 43.6 Å². The number of hydrogen-bond acceptors (Lipinski definition) is 5. The van der Waals surface area contributed by atoms with E-state index in [9.17, 15) is 15.0 Å². The van der Waals surface area contributed by atoms with Gasteiger partial charge in [0, 0.05) is 21.1 Å². The number of ether oxygens (including phenoxy) is 1. The molecule has 0 aromatic heterocycles. The van der Waals surface area contributed by atoms with E-state index in [2.05, 4.69) is 37.2 Å². The lowest BCUT2D eigenvalue weighted by atomic mass is 10.0. The summed E-state index contributed by atoms with van der Waals surface area (Å²) in [4.78, 5) is 11.5. The first kappa shape index (κ1) is 19.2. The number of halogens is 2. The van der Waals surface area contributed by atoms with Gasteiger partial charge in [-0.3, -0.25) is 0 Å². The Balaban J connectivity index is 2.70. The van der Waals surface area contributed by atoms with Crippen molar-refractivity contribution in [3.8, 4) is 0 Å². The minimum Gasteiger partial charge on any atom is -0.444 e. The number of aliphatic hydroxyl groups excluding tert-OH is 2. The van der Waals surface area contributed by atoms with Gasteiger partial charge in [0.1, 0.15) is 17.8 Å². The molecule has 0 fully saturated rings. The highest BCUT2D eigenvalue weighted by molar-refractivity contribution is 9.11. The molecule has 8 heteroatoms. The predicted octanol–water partition coefficient (Wildman–Crippen LogP) is 2.71. The van der Waals surface area contributed by atoms with Crippen LogP contribution in [0.25, 0.3) is 0 Å². The third-order valence-corrected chi connectivity index (χ3v) is 3.78. The molecule has 22 heavy (non-hydrogen) atoms. The second-order valence-corrected chi connectivity index (χ2v) is 7.56. The van der Waals surface area contributed by atoms with Gasteiger partial charge >= 0.3 is 6.09 Å². The molecule has 6 nitrogen and oxygen atoms in total. The molecule has 1 rings (SSSR count). The molecule has 1 aromatic rings. The lowest BCUT2D eigenvalue weighted by molar-refractivity contribution is 0.0132. The molecule has 0 spiro atoms. The van der Waals surface area contributed by atoms with Crippen LogP contribution in [0.3, 0.4) is 0 Å². The number of nitrogens with one attached hydrogen (secondary N) is 1. The van der Waals surface area contributed by atoms with Crippen molar-refractivity contribution in [1.82, 2.24) is 5.32 Å². The van der Waals surface area contributed by atoms with Gasteiger partial charge < -0.3 is 26.0 Å². The SMILES string of the molecule is CC(C)(C)OC(=O)NCC(O)C(O)c1cc(Br)cc(Br)c1N. The summed E-state index contributed by atoms with van der Waals surface area (Å²) in [6.07, 6.45) is -3.14. The number of rotatable bonds is 4. The number of amides is 1. The van der Waals surface area contributed by atoms with Crippen LogP contribution in [0, 0.1) is 0 Å². The van der Waals surface area contributed by atoms with Gasteiger partial charge in [-0.1, -0.05) is 15.9 Å². The summed E-state index contributed by atoms with van der Waals surface area (Å²) in [6.45, 7) is 5.03. The number of carbonyl (C=O) groups excluding carboxylic acids is 1. The van der Waals surface area contributed by atoms with Crippen LogP contribution >= 0.6 is 31.9 Å². The second kappa shape index (κ2) is 7.63. The highest BCUT2D eigenvalue weighted by Crippen LogP contribution is 2.33. The second-order valence-electron chi connectivity index (χ2n) is 5.79. The maximum atomic E-state index is 11.5. The fraction of sp³-hybridized carbons (Fsp3) is 0.500. The van der Waals surface area contributed by atoms with E-state index in [1.54, 1.807) is 32.9 Å². The lowest BCUT2D eigenvalue weighted by Gasteiger charge is -2.23. The van der Waals surface area contributed by atoms with E-state index in [0.29, 0.717) is 20.2 Å². The number of benzene rings is 1. The quantitative estimate of drug-likeness (QED) is 0.540. The van der Waals surface area contributed by atoms with Gasteiger partial charge in [-0.15, -0.1) is 0 Å². The van der Waals surface area contributed by atoms with E-state index in [1.807, 2.05) is 0 Å². The summed E-state index contributed by atoms with van der Waals surface area (Å²) in [5, 5.41) is 22.6. The standard InChI is InChI=1S/C14H20Br2N2O4/c1-14(2,3)22-13(21)18-6-10(19)12(20)8-4-7(15)5-9(16)11(8)17/h4-5,10,12,19-20H,6,17H2,1-3H3,(H,18,21). The van der Waals surface area contributed by atoms with Crippen molar-refractivity contribution in [2.45, 2.75) is 38.6 Å². The van der Waals surface area contributed by atoms with Crippen molar-refractivity contribution in [1.29, 1.82) is 0 Å². The largest absolute Gasteiger partial charge is 0.444 e. The van der Waals surface area contributed by atoms with Crippen LogP contribution in [-0.4, -0.2) is 34.6 Å². The lowest BCUT2D eigenvalue weighted by Crippen LogP contribution is -2.39. The van der Waals surface area contributed by atoms with Gasteiger partial charge in [-0.05, 0) is 48.8 Å². The summed E-state index contributed by atoms with van der Waals surface area (Å²) >= 11 is 6.56. The molecule has 0 aliphatic rings. The van der Waals surface area contributed by atoms with Crippen LogP contribution in [-0.2, 0) is 4.74 Å². The summed E-state index contributed by atoms with van der Waals surface area (Å²) < 4.78 is 6.36. The van der Waals surface area contributed by atoms with Gasteiger partial charge in [0.25, 0.3) is 0 Å². The van der Waals surface area contributed by atoms with Crippen LogP contribution < -0.4 is 11.1 Å². The van der Waals surface area contributed by atoms with Crippen LogP contribution in [0.2, 0.25) is 0 Å². The molecule has 2 atom stereocenters. The molecule has 124 valence electrons. The van der Waals surface area contributed by atoms with E-state index in [1.165, 1.54) is 0 Å². The first-order valence-electron chi connectivity index (χ1n) is 6.58. The maximum absolute atomic E-state index is 11.5. The first-order valence-corrected chi connectivity index (χ1v) is 8.17. The van der Waals surface area contributed by atoms with E-state index < -0.39 is 23.9 Å². The fourth-order valence-electron chi connectivity index (χ4n) is 1.67. The molecule has 0 radical (unpaired) electrons. The minimum atomic E-state index is -1.25. The smallest absolute Gasteiger partial charge is 0.407 e. The Morgan fingerprint density at radius 3 is 2.50 bits per heavy atom. The Morgan fingerprint density at radius 2 is 1.95 bits per heavy atom. The molecule has 0 heterocycles. The monoisotopic (exact) mass is 438 g/mol. The van der Waals surface area contributed by atoms with E-state index in [4.69, 9.17) is 10.5 Å². The number of carbonyl (C=O) groups is 1. The van der Waals surface area contributed by atoms with Crippen molar-refractivity contribution in [2.75, 3.05) is 12.3 Å². The van der Waals surface area contributed by atoms with E-state index >= 15 is 0 Å². The van der Waals surface area contributed by atoms with Gasteiger partial charge in [0.2, 0.25) is 0 Å². The molecule has 0 bridgehead atoms. The molecule has 2 unspecified atom stereocenters. The van der Waals surface area contributed by atoms with E-state index in [-0.39, 0.29) is 6.54 Å². The summed E-state index contributed by atoms with van der Waals surface area (Å²) in [6, 6.07) is 3.35. The topological polar surface area (TPSA) is 105 Å². The highest BCUT2D eigenvalue weighted by atomic mass is 79.9. The third kappa shape index (κ3) is 5.75. The average Bonchev–Trinajstić information content (AvgIpc) is 2.37. The molecule has 1 amide bonds. The molecular formula is C14H20Br2N2O4. The Bertz CT molecular complexity index is 546. The summed E-state index contributed by atoms with van der Waals surface area (Å²) in [7, 11) is 0. The summed E-state index contributed by atoms with van der Waals surface area (Å²) in [5.41, 5.74) is 5.93. The van der Waals surface area contributed by atoms with Crippen molar-refractivity contribution < 1.29 is 19.7 Å². The van der Waals surface area contributed by atoms with Gasteiger partial charge in [0.05, 0.1) is 5.69 Å². The number of alkyl carbamates (subject to hydrolysis) is 1. The van der Waals surface area contributed by atoms with Crippen molar-refractivity contribution in [3.05, 3.63) is 26.6 Å². The normalized spacial score (nSPS) is 14.3. The molecule has 0 aliphatic heterocycles. The number of aliphatic hydroxyl groups is 2. The Morgan fingerprint density at radius 1 is 1.36 bits per heavy atom. The fourth-order valence-corrected chi connectivity index (χ4v) is 2.93. The maximum Gasteiger partial charge on any atom is 0.407 e. The number of hydrogen-bond donors (Lipinski definition) is 4. The zero-order chi connectivity index (χ0) is 17.1. The molecule has 1 aromatic carbocycles. The average molecular weight is 440 g/mol. The molecule has 5 N–H and O–H groups in total. The van der Waals surface area contributed by atoms with E-state index in [0.717, 1.165) is 0 Å². The zero-order valence-corrected chi connectivity index (χ0v) is 15.7. The number of nitrogens with two attached hydrogens (primary N) is 1. The zero-order valence-electron chi connectivity index (χ0n) is 12.6. The van der Waals surface area contributed by atoms with Crippen LogP contribution in [0.4, 0.5) is 10.5 Å². The van der Waals surface area contributed by atoms with Crippen LogP contribution in [0.5, 0.6) is 0 Å². The minimum absolute atomic E-state index is 0.167. The third-order valence-electron chi connectivity index (χ3n) is 2.66. The highest BCUT2D eigenvalue weighted by Gasteiger charge is 2.24. The van der Waals surface area contributed by atoms with Gasteiger partial charge in [-0.2, -0.15) is 0 Å². The van der Waals surface area contributed by atoms with Gasteiger partial charge in [0.15, 0.2) is 0 Å². The summed E-state index contributed by atoms with van der Waals surface area (Å²) in [5.74, 6) is 0. The van der Waals surface area contributed by atoms with Crippen LogP contribution in [0.15, 0.2) is 21.1 Å². The Labute approximate surface area is 146 Å². The molecule has 0 saturated heterocycles. The van der Waals surface area contributed by atoms with Crippen molar-refractivity contribution in [3.63, 3.8) is 0 Å². The van der Waals surface area contributed by atoms with Crippen LogP contribution in [0.1, 0.15) is 32.4 Å². The molecular weight excluding hydrogens is 420 g/mol. The predicted molar refractivity (Wildman–Crippen MR) is 91.5 cm³/mol. The Hall–Kier alpha value is -0.830. The number of nitrogen functional groups attached to an aromatic ring is 1. The Kier molecular flexibility index (Phi) is 6.66. The van der Waals surface area contributed by atoms with Gasteiger partial charge in [-0.25, -0.2) is 4.79 Å². The van der Waals surface area contributed by atoms with Crippen molar-refractivity contribution in [2.24, 2.45) is 0 Å². The molecule has 0 saturated carbocycles. The first-order chi connectivity index (χ1) is 10.0. The number of anilines is 1.